The Kier molecular flexibility index (Phi) is 3.67. The van der Waals surface area contributed by atoms with Crippen LogP contribution in [0.1, 0.15) is 11.1 Å². The fraction of sp³-hybridized carbons (Fsp3) is 0.0556. The van der Waals surface area contributed by atoms with Crippen LogP contribution < -0.4 is 5.73 Å². The molecule has 3 aromatic carbocycles. The van der Waals surface area contributed by atoms with E-state index in [1.54, 1.807) is 11.8 Å². The standard InChI is InChI=1S/C18H16N2S/c1-12-5-4-6-13(11-12)21-17-10-9-16(18(19)20)14-7-2-3-8-15(14)17/h2-11H,1H3,(H3,19,20). The molecule has 0 aliphatic heterocycles. The maximum Gasteiger partial charge on any atom is 0.123 e. The molecule has 0 aromatic heterocycles. The molecule has 0 aliphatic rings. The number of nitrogen functional groups attached to an aromatic ring is 1. The first-order valence-electron chi connectivity index (χ1n) is 6.76. The van der Waals surface area contributed by atoms with E-state index in [0.717, 1.165) is 16.3 Å². The molecule has 0 unspecified atom stereocenters. The first kappa shape index (κ1) is 13.7. The lowest BCUT2D eigenvalue weighted by Crippen LogP contribution is -2.11. The first-order chi connectivity index (χ1) is 10.1. The summed E-state index contributed by atoms with van der Waals surface area (Å²) in [6, 6.07) is 20.6. The van der Waals surface area contributed by atoms with E-state index in [-0.39, 0.29) is 5.84 Å². The Hall–Kier alpha value is -2.26. The Bertz CT molecular complexity index is 824. The fourth-order valence-electron chi connectivity index (χ4n) is 2.40. The van der Waals surface area contributed by atoms with Gasteiger partial charge < -0.3 is 5.73 Å². The van der Waals surface area contributed by atoms with Gasteiger partial charge in [-0.3, -0.25) is 5.41 Å². The molecule has 0 aliphatic carbocycles. The highest BCUT2D eigenvalue weighted by molar-refractivity contribution is 7.99. The zero-order chi connectivity index (χ0) is 14.8. The monoisotopic (exact) mass is 292 g/mol. The van der Waals surface area contributed by atoms with Gasteiger partial charge in [0.15, 0.2) is 0 Å². The van der Waals surface area contributed by atoms with Crippen LogP contribution in [0.4, 0.5) is 0 Å². The summed E-state index contributed by atoms with van der Waals surface area (Å²) in [4.78, 5) is 2.40. The van der Waals surface area contributed by atoms with E-state index in [0.29, 0.717) is 0 Å². The molecular formula is C18H16N2S. The van der Waals surface area contributed by atoms with Crippen LogP contribution in [0, 0.1) is 12.3 Å². The summed E-state index contributed by atoms with van der Waals surface area (Å²) >= 11 is 1.74. The number of nitrogens with two attached hydrogens (primary N) is 1. The fourth-order valence-corrected chi connectivity index (χ4v) is 3.47. The zero-order valence-electron chi connectivity index (χ0n) is 11.8. The smallest absolute Gasteiger partial charge is 0.123 e. The van der Waals surface area contributed by atoms with Crippen molar-refractivity contribution >= 4 is 28.4 Å². The van der Waals surface area contributed by atoms with E-state index in [2.05, 4.69) is 37.3 Å². The lowest BCUT2D eigenvalue weighted by atomic mass is 10.0. The number of fused-ring (bicyclic) bond motifs is 1. The van der Waals surface area contributed by atoms with Crippen molar-refractivity contribution in [2.75, 3.05) is 0 Å². The van der Waals surface area contributed by atoms with E-state index < -0.39 is 0 Å². The van der Waals surface area contributed by atoms with Crippen molar-refractivity contribution in [3.8, 4) is 0 Å². The summed E-state index contributed by atoms with van der Waals surface area (Å²) in [6.07, 6.45) is 0. The van der Waals surface area contributed by atoms with Gasteiger partial charge in [0.2, 0.25) is 0 Å². The second kappa shape index (κ2) is 5.62. The normalized spacial score (nSPS) is 10.7. The van der Waals surface area contributed by atoms with Crippen molar-refractivity contribution in [3.63, 3.8) is 0 Å². The SMILES string of the molecule is Cc1cccc(Sc2ccc(C(=N)N)c3ccccc23)c1. The number of rotatable bonds is 3. The largest absolute Gasteiger partial charge is 0.384 e. The molecule has 0 atom stereocenters. The maximum absolute atomic E-state index is 7.71. The third kappa shape index (κ3) is 2.78. The minimum atomic E-state index is 0.110. The Balaban J connectivity index is 2.12. The molecular weight excluding hydrogens is 276 g/mol. The molecule has 0 fully saturated rings. The highest BCUT2D eigenvalue weighted by atomic mass is 32.2. The van der Waals surface area contributed by atoms with Crippen molar-refractivity contribution < 1.29 is 0 Å². The van der Waals surface area contributed by atoms with Gasteiger partial charge >= 0.3 is 0 Å². The van der Waals surface area contributed by atoms with Gasteiger partial charge in [-0.05, 0) is 42.0 Å². The van der Waals surface area contributed by atoms with Gasteiger partial charge in [-0.1, -0.05) is 53.7 Å². The van der Waals surface area contributed by atoms with E-state index in [9.17, 15) is 0 Å². The van der Waals surface area contributed by atoms with E-state index in [4.69, 9.17) is 11.1 Å². The van der Waals surface area contributed by atoms with Crippen molar-refractivity contribution in [1.29, 1.82) is 5.41 Å². The van der Waals surface area contributed by atoms with Crippen LogP contribution in [-0.4, -0.2) is 5.84 Å². The molecule has 2 nitrogen and oxygen atoms in total. The molecule has 0 bridgehead atoms. The molecule has 0 saturated carbocycles. The lowest BCUT2D eigenvalue weighted by molar-refractivity contribution is 1.35. The van der Waals surface area contributed by atoms with E-state index in [1.165, 1.54) is 15.4 Å². The van der Waals surface area contributed by atoms with Gasteiger partial charge in [0.05, 0.1) is 0 Å². The molecule has 0 amide bonds. The van der Waals surface area contributed by atoms with Crippen LogP contribution in [-0.2, 0) is 0 Å². The van der Waals surface area contributed by atoms with Crippen LogP contribution >= 0.6 is 11.8 Å². The maximum atomic E-state index is 7.71. The Labute approximate surface area is 128 Å². The van der Waals surface area contributed by atoms with Gasteiger partial charge in [0.25, 0.3) is 0 Å². The average molecular weight is 292 g/mol. The van der Waals surface area contributed by atoms with E-state index in [1.807, 2.05) is 30.3 Å². The molecule has 0 radical (unpaired) electrons. The van der Waals surface area contributed by atoms with Gasteiger partial charge in [-0.15, -0.1) is 0 Å². The number of nitrogens with one attached hydrogen (secondary N) is 1. The van der Waals surface area contributed by atoms with Crippen molar-refractivity contribution in [2.24, 2.45) is 5.73 Å². The first-order valence-corrected chi connectivity index (χ1v) is 7.57. The average Bonchev–Trinajstić information content (AvgIpc) is 2.47. The summed E-state index contributed by atoms with van der Waals surface area (Å²) in [5.41, 5.74) is 7.72. The highest BCUT2D eigenvalue weighted by Crippen LogP contribution is 2.35. The zero-order valence-corrected chi connectivity index (χ0v) is 12.6. The quantitative estimate of drug-likeness (QED) is 0.548. The molecule has 3 heteroatoms. The topological polar surface area (TPSA) is 49.9 Å². The Morgan fingerprint density at radius 2 is 1.71 bits per heavy atom. The van der Waals surface area contributed by atoms with Gasteiger partial charge in [0.1, 0.15) is 5.84 Å². The Morgan fingerprint density at radius 3 is 2.43 bits per heavy atom. The second-order valence-electron chi connectivity index (χ2n) is 4.99. The van der Waals surface area contributed by atoms with Crippen LogP contribution in [0.5, 0.6) is 0 Å². The third-order valence-electron chi connectivity index (χ3n) is 3.39. The van der Waals surface area contributed by atoms with Gasteiger partial charge in [-0.2, -0.15) is 0 Å². The molecule has 0 spiro atoms. The predicted octanol–water partition coefficient (Wildman–Crippen LogP) is 4.58. The molecule has 0 saturated heterocycles. The highest BCUT2D eigenvalue weighted by Gasteiger charge is 2.08. The predicted molar refractivity (Wildman–Crippen MR) is 90.3 cm³/mol. The van der Waals surface area contributed by atoms with Gasteiger partial charge in [0, 0.05) is 15.4 Å². The van der Waals surface area contributed by atoms with Crippen LogP contribution in [0.15, 0.2) is 70.5 Å². The summed E-state index contributed by atoms with van der Waals surface area (Å²) in [5.74, 6) is 0.110. The molecule has 3 rings (SSSR count). The van der Waals surface area contributed by atoms with Crippen LogP contribution in [0.3, 0.4) is 0 Å². The molecule has 21 heavy (non-hydrogen) atoms. The molecule has 3 aromatic rings. The summed E-state index contributed by atoms with van der Waals surface area (Å²) in [6.45, 7) is 2.10. The van der Waals surface area contributed by atoms with Crippen molar-refractivity contribution in [3.05, 3.63) is 71.8 Å². The second-order valence-corrected chi connectivity index (χ2v) is 6.10. The Morgan fingerprint density at radius 1 is 0.952 bits per heavy atom. The number of amidine groups is 1. The van der Waals surface area contributed by atoms with Crippen LogP contribution in [0.25, 0.3) is 10.8 Å². The van der Waals surface area contributed by atoms with Gasteiger partial charge in [-0.25, -0.2) is 0 Å². The van der Waals surface area contributed by atoms with Crippen molar-refractivity contribution in [1.82, 2.24) is 0 Å². The lowest BCUT2D eigenvalue weighted by Gasteiger charge is -2.10. The molecule has 0 heterocycles. The minimum absolute atomic E-state index is 0.110. The number of benzene rings is 3. The van der Waals surface area contributed by atoms with Crippen molar-refractivity contribution in [2.45, 2.75) is 16.7 Å². The number of aryl methyl sites for hydroxylation is 1. The summed E-state index contributed by atoms with van der Waals surface area (Å²) in [7, 11) is 0. The minimum Gasteiger partial charge on any atom is -0.384 e. The summed E-state index contributed by atoms with van der Waals surface area (Å²) in [5, 5.41) is 9.87. The van der Waals surface area contributed by atoms with Crippen LogP contribution in [0.2, 0.25) is 0 Å². The number of hydrogen-bond acceptors (Lipinski definition) is 2. The molecule has 3 N–H and O–H groups in total. The number of hydrogen-bond donors (Lipinski definition) is 2. The molecule has 104 valence electrons. The summed E-state index contributed by atoms with van der Waals surface area (Å²) < 4.78 is 0. The third-order valence-corrected chi connectivity index (χ3v) is 4.46. The van der Waals surface area contributed by atoms with E-state index >= 15 is 0 Å².